The summed E-state index contributed by atoms with van der Waals surface area (Å²) in [5.41, 5.74) is 10.5. The molecule has 2 nitrogen and oxygen atoms in total. The number of hydrogen-bond donors (Lipinski definition) is 2. The van der Waals surface area contributed by atoms with Gasteiger partial charge in [-0.15, -0.1) is 0 Å². The van der Waals surface area contributed by atoms with Gasteiger partial charge in [0, 0.05) is 6.42 Å². The maximum absolute atomic E-state index is 5.61. The summed E-state index contributed by atoms with van der Waals surface area (Å²) in [6.45, 7) is 2.08. The highest BCUT2D eigenvalue weighted by molar-refractivity contribution is 5.83. The van der Waals surface area contributed by atoms with Gasteiger partial charge in [0.15, 0.2) is 0 Å². The molecular weight excluding hydrogens is 196 g/mol. The number of rotatable bonds is 1. The number of fused-ring (bicyclic) bond motifs is 3. The number of nitrogen functional groups attached to an aromatic ring is 1. The number of nitrogens with two attached hydrogens (primary N) is 1. The van der Waals surface area contributed by atoms with Crippen LogP contribution in [0.3, 0.4) is 0 Å². The molecule has 0 spiro atoms. The lowest BCUT2D eigenvalue weighted by Gasteiger charge is -2.10. The zero-order valence-corrected chi connectivity index (χ0v) is 9.25. The molecule has 0 atom stereocenters. The summed E-state index contributed by atoms with van der Waals surface area (Å²) in [5.74, 6) is 5.61. The van der Waals surface area contributed by atoms with Gasteiger partial charge in [-0.1, -0.05) is 36.4 Å². The van der Waals surface area contributed by atoms with Crippen molar-refractivity contribution in [1.29, 1.82) is 0 Å². The van der Waals surface area contributed by atoms with Crippen LogP contribution >= 0.6 is 0 Å². The minimum atomic E-state index is 0.979. The molecule has 16 heavy (non-hydrogen) atoms. The van der Waals surface area contributed by atoms with Crippen LogP contribution < -0.4 is 11.3 Å². The highest BCUT2D eigenvalue weighted by Crippen LogP contribution is 2.40. The summed E-state index contributed by atoms with van der Waals surface area (Å²) in [4.78, 5) is 0. The second-order valence-corrected chi connectivity index (χ2v) is 4.26. The third-order valence-corrected chi connectivity index (χ3v) is 3.34. The fourth-order valence-corrected chi connectivity index (χ4v) is 2.53. The molecule has 0 unspecified atom stereocenters. The van der Waals surface area contributed by atoms with Crippen LogP contribution in [0.15, 0.2) is 36.4 Å². The van der Waals surface area contributed by atoms with Crippen LogP contribution in [0.5, 0.6) is 0 Å². The molecule has 0 aliphatic heterocycles. The Hall–Kier alpha value is -1.80. The van der Waals surface area contributed by atoms with E-state index in [4.69, 9.17) is 5.84 Å². The Morgan fingerprint density at radius 2 is 1.88 bits per heavy atom. The molecule has 1 aliphatic rings. The van der Waals surface area contributed by atoms with Gasteiger partial charge >= 0.3 is 0 Å². The van der Waals surface area contributed by atoms with Crippen molar-refractivity contribution in [3.05, 3.63) is 53.1 Å². The SMILES string of the molecule is Cc1ccc2c(c1NN)Cc1ccccc1-2. The van der Waals surface area contributed by atoms with Gasteiger partial charge in [-0.2, -0.15) is 0 Å². The highest BCUT2D eigenvalue weighted by atomic mass is 15.2. The minimum Gasteiger partial charge on any atom is -0.324 e. The molecule has 2 aromatic carbocycles. The summed E-state index contributed by atoms with van der Waals surface area (Å²) in [6.07, 6.45) is 0.979. The summed E-state index contributed by atoms with van der Waals surface area (Å²) >= 11 is 0. The Morgan fingerprint density at radius 3 is 2.69 bits per heavy atom. The lowest BCUT2D eigenvalue weighted by Crippen LogP contribution is -2.10. The zero-order chi connectivity index (χ0) is 11.1. The van der Waals surface area contributed by atoms with Crippen LogP contribution in [0.4, 0.5) is 5.69 Å². The van der Waals surface area contributed by atoms with E-state index in [2.05, 4.69) is 48.7 Å². The van der Waals surface area contributed by atoms with Crippen molar-refractivity contribution in [1.82, 2.24) is 0 Å². The van der Waals surface area contributed by atoms with Crippen LogP contribution in [0, 0.1) is 6.92 Å². The third kappa shape index (κ3) is 1.17. The summed E-state index contributed by atoms with van der Waals surface area (Å²) in [5, 5.41) is 0. The van der Waals surface area contributed by atoms with Crippen molar-refractivity contribution in [2.24, 2.45) is 5.84 Å². The molecule has 0 saturated heterocycles. The van der Waals surface area contributed by atoms with Crippen molar-refractivity contribution in [2.45, 2.75) is 13.3 Å². The number of nitrogens with one attached hydrogen (secondary N) is 1. The third-order valence-electron chi connectivity index (χ3n) is 3.34. The molecule has 0 radical (unpaired) electrons. The lowest BCUT2D eigenvalue weighted by molar-refractivity contribution is 1.21. The van der Waals surface area contributed by atoms with Crippen molar-refractivity contribution < 1.29 is 0 Å². The molecule has 80 valence electrons. The van der Waals surface area contributed by atoms with Gasteiger partial charge in [0.2, 0.25) is 0 Å². The standard InChI is InChI=1S/C14H14N2/c1-9-6-7-12-11-5-3-2-4-10(11)8-13(12)14(9)16-15/h2-7,16H,8,15H2,1H3. The lowest BCUT2D eigenvalue weighted by atomic mass is 10.0. The zero-order valence-electron chi connectivity index (χ0n) is 9.25. The molecule has 0 amide bonds. The van der Waals surface area contributed by atoms with E-state index in [-0.39, 0.29) is 0 Å². The maximum atomic E-state index is 5.61. The normalized spacial score (nSPS) is 12.1. The van der Waals surface area contributed by atoms with Crippen LogP contribution in [0.2, 0.25) is 0 Å². The summed E-state index contributed by atoms with van der Waals surface area (Å²) in [7, 11) is 0. The Labute approximate surface area is 95.1 Å². The van der Waals surface area contributed by atoms with E-state index >= 15 is 0 Å². The molecule has 0 heterocycles. The first-order valence-corrected chi connectivity index (χ1v) is 5.48. The van der Waals surface area contributed by atoms with Crippen LogP contribution in [-0.2, 0) is 6.42 Å². The van der Waals surface area contributed by atoms with E-state index in [1.807, 2.05) is 0 Å². The average molecular weight is 210 g/mol. The molecule has 1 aliphatic carbocycles. The van der Waals surface area contributed by atoms with Crippen LogP contribution in [0.1, 0.15) is 16.7 Å². The van der Waals surface area contributed by atoms with Gasteiger partial charge in [0.25, 0.3) is 0 Å². The van der Waals surface area contributed by atoms with Gasteiger partial charge in [-0.3, -0.25) is 5.84 Å². The predicted octanol–water partition coefficient (Wildman–Crippen LogP) is 2.85. The van der Waals surface area contributed by atoms with E-state index in [1.54, 1.807) is 0 Å². The summed E-state index contributed by atoms with van der Waals surface area (Å²) in [6, 6.07) is 12.9. The molecule has 3 rings (SSSR count). The molecule has 0 saturated carbocycles. The molecule has 0 bridgehead atoms. The van der Waals surface area contributed by atoms with E-state index in [0.29, 0.717) is 0 Å². The number of anilines is 1. The Bertz CT molecular complexity index is 559. The highest BCUT2D eigenvalue weighted by Gasteiger charge is 2.21. The average Bonchev–Trinajstić information content (AvgIpc) is 2.67. The van der Waals surface area contributed by atoms with Crippen LogP contribution in [-0.4, -0.2) is 0 Å². The Balaban J connectivity index is 2.28. The van der Waals surface area contributed by atoms with Gasteiger partial charge in [-0.25, -0.2) is 0 Å². The molecule has 3 N–H and O–H groups in total. The number of hydrogen-bond acceptors (Lipinski definition) is 2. The van der Waals surface area contributed by atoms with E-state index < -0.39 is 0 Å². The fraction of sp³-hybridized carbons (Fsp3) is 0.143. The topological polar surface area (TPSA) is 38.0 Å². The molecule has 0 aromatic heterocycles. The first kappa shape index (κ1) is 9.43. The minimum absolute atomic E-state index is 0.979. The number of hydrazine groups is 1. The monoisotopic (exact) mass is 210 g/mol. The quantitative estimate of drug-likeness (QED) is 0.479. The van der Waals surface area contributed by atoms with Gasteiger partial charge < -0.3 is 5.43 Å². The second kappa shape index (κ2) is 3.35. The Kier molecular flexibility index (Phi) is 1.98. The fourth-order valence-electron chi connectivity index (χ4n) is 2.53. The second-order valence-electron chi connectivity index (χ2n) is 4.26. The largest absolute Gasteiger partial charge is 0.324 e. The van der Waals surface area contributed by atoms with E-state index in [9.17, 15) is 0 Å². The van der Waals surface area contributed by atoms with Crippen molar-refractivity contribution in [2.75, 3.05) is 5.43 Å². The van der Waals surface area contributed by atoms with Gasteiger partial charge in [0.1, 0.15) is 0 Å². The molecule has 0 fully saturated rings. The molecule has 2 aromatic rings. The Morgan fingerprint density at radius 1 is 1.06 bits per heavy atom. The molecule has 2 heteroatoms. The molecular formula is C14H14N2. The van der Waals surface area contributed by atoms with Gasteiger partial charge in [0.05, 0.1) is 5.69 Å². The van der Waals surface area contributed by atoms with Crippen LogP contribution in [0.25, 0.3) is 11.1 Å². The van der Waals surface area contributed by atoms with Crippen molar-refractivity contribution in [3.63, 3.8) is 0 Å². The number of benzene rings is 2. The predicted molar refractivity (Wildman–Crippen MR) is 67.2 cm³/mol. The van der Waals surface area contributed by atoms with Crippen molar-refractivity contribution in [3.8, 4) is 11.1 Å². The summed E-state index contributed by atoms with van der Waals surface area (Å²) < 4.78 is 0. The number of aryl methyl sites for hydroxylation is 1. The van der Waals surface area contributed by atoms with E-state index in [1.165, 1.54) is 27.8 Å². The first-order chi connectivity index (χ1) is 7.81. The van der Waals surface area contributed by atoms with Crippen molar-refractivity contribution >= 4 is 5.69 Å². The smallest absolute Gasteiger partial charge is 0.0555 e. The maximum Gasteiger partial charge on any atom is 0.0555 e. The first-order valence-electron chi connectivity index (χ1n) is 5.48. The van der Waals surface area contributed by atoms with Gasteiger partial charge in [-0.05, 0) is 34.7 Å². The van der Waals surface area contributed by atoms with E-state index in [0.717, 1.165) is 12.1 Å².